The monoisotopic (exact) mass is 628 g/mol. The van der Waals surface area contributed by atoms with Crippen LogP contribution in [0.4, 0.5) is 4.39 Å². The summed E-state index contributed by atoms with van der Waals surface area (Å²) < 4.78 is 25.4. The molecule has 5 aliphatic rings. The Kier molecular flexibility index (Phi) is 6.38. The minimum Gasteiger partial charge on any atom is -0.482 e. The Bertz CT molecular complexity index is 1920. The first-order valence-electron chi connectivity index (χ1n) is 16.3. The Morgan fingerprint density at radius 3 is 2.59 bits per heavy atom. The molecule has 9 rings (SSSR count). The van der Waals surface area contributed by atoms with Crippen LogP contribution in [0.1, 0.15) is 66.7 Å². The van der Waals surface area contributed by atoms with Gasteiger partial charge < -0.3 is 20.8 Å². The zero-order chi connectivity index (χ0) is 32.3. The summed E-state index contributed by atoms with van der Waals surface area (Å²) in [6.45, 7) is 5.92. The van der Waals surface area contributed by atoms with Gasteiger partial charge in [0.25, 0.3) is 5.91 Å². The van der Waals surface area contributed by atoms with Gasteiger partial charge in [-0.2, -0.15) is 0 Å². The summed E-state index contributed by atoms with van der Waals surface area (Å²) in [5.41, 5.74) is 15.1. The highest BCUT2D eigenvalue weighted by Crippen LogP contribution is 2.76. The van der Waals surface area contributed by atoms with E-state index in [1.54, 1.807) is 18.2 Å². The van der Waals surface area contributed by atoms with E-state index in [-0.39, 0.29) is 30.7 Å². The van der Waals surface area contributed by atoms with E-state index in [1.807, 2.05) is 48.5 Å². The summed E-state index contributed by atoms with van der Waals surface area (Å²) in [6, 6.07) is 9.60. The fraction of sp³-hybridized carbons (Fsp3) is 0.529. The first-order valence-corrected chi connectivity index (χ1v) is 16.3. The van der Waals surface area contributed by atoms with Gasteiger partial charge in [0, 0.05) is 60.7 Å². The van der Waals surface area contributed by atoms with Crippen molar-refractivity contribution < 1.29 is 18.7 Å². The van der Waals surface area contributed by atoms with E-state index >= 15 is 4.39 Å². The van der Waals surface area contributed by atoms with Crippen LogP contribution in [-0.2, 0) is 11.3 Å². The van der Waals surface area contributed by atoms with E-state index in [0.717, 1.165) is 59.6 Å². The number of nitrogens with zero attached hydrogens (tertiary/aromatic N) is 6. The van der Waals surface area contributed by atoms with Crippen molar-refractivity contribution in [1.29, 1.82) is 0 Å². The lowest BCUT2D eigenvalue weighted by Crippen LogP contribution is -2.78. The van der Waals surface area contributed by atoms with E-state index in [9.17, 15) is 9.59 Å². The second kappa shape index (κ2) is 9.98. The number of primary amides is 1. The molecule has 0 radical (unpaired) electrons. The van der Waals surface area contributed by atoms with Crippen molar-refractivity contribution >= 4 is 28.5 Å². The number of hydrazine groups is 1. The van der Waals surface area contributed by atoms with Crippen molar-refractivity contribution in [2.45, 2.75) is 70.1 Å². The maximum atomic E-state index is 15.4. The quantitative estimate of drug-likeness (QED) is 0.303. The van der Waals surface area contributed by atoms with Crippen LogP contribution in [-0.4, -0.2) is 79.7 Å². The fourth-order valence-electron chi connectivity index (χ4n) is 8.54. The third kappa shape index (κ3) is 4.15. The van der Waals surface area contributed by atoms with E-state index in [1.165, 1.54) is 0 Å². The van der Waals surface area contributed by atoms with Crippen LogP contribution in [0.3, 0.4) is 0 Å². The topological polar surface area (TPSA) is 137 Å². The number of carbonyl (C=O) groups excluding carboxylic acids is 2. The second-order valence-corrected chi connectivity index (χ2v) is 14.3. The molecule has 5 fully saturated rings. The lowest BCUT2D eigenvalue weighted by atomic mass is 9.33. The molecule has 3 atom stereocenters. The van der Waals surface area contributed by atoms with E-state index in [2.05, 4.69) is 10.6 Å². The SMILES string of the molecule is COc1cc(C(=O)N2C[C@H](N)CCN2C)cc2nc(-c3cc4ccc([C@H](C)C5C6(F)CC5(C(N)=O)C6)nc4n3CC3CC3)c(C)n12. The number of halogens is 1. The van der Waals surface area contributed by atoms with Crippen LogP contribution >= 0.6 is 0 Å². The van der Waals surface area contributed by atoms with Crippen LogP contribution in [0.15, 0.2) is 30.3 Å². The molecule has 11 nitrogen and oxygen atoms in total. The summed E-state index contributed by atoms with van der Waals surface area (Å²) >= 11 is 0. The molecule has 12 heteroatoms. The largest absolute Gasteiger partial charge is 0.482 e. The zero-order valence-corrected chi connectivity index (χ0v) is 26.8. The molecule has 0 aromatic carbocycles. The van der Waals surface area contributed by atoms with Gasteiger partial charge in [0.2, 0.25) is 5.91 Å². The zero-order valence-electron chi connectivity index (χ0n) is 26.8. The normalized spacial score (nSPS) is 28.3. The number of aromatic nitrogens is 4. The number of nitrogens with two attached hydrogens (primary N) is 2. The molecular weight excluding hydrogens is 587 g/mol. The molecular formula is C34H41FN8O3. The van der Waals surface area contributed by atoms with Gasteiger partial charge in [-0.05, 0) is 69.2 Å². The Hall–Kier alpha value is -4.03. The molecule has 1 saturated heterocycles. The van der Waals surface area contributed by atoms with Gasteiger partial charge in [-0.25, -0.2) is 19.4 Å². The first kappa shape index (κ1) is 29.4. The molecule has 4 aromatic heterocycles. The number of ether oxygens (including phenoxy) is 1. The van der Waals surface area contributed by atoms with Crippen molar-refractivity contribution in [2.75, 3.05) is 27.2 Å². The summed E-state index contributed by atoms with van der Waals surface area (Å²) in [5.74, 6) is -0.178. The maximum absolute atomic E-state index is 15.4. The molecule has 4 N–H and O–H groups in total. The predicted molar refractivity (Wildman–Crippen MR) is 171 cm³/mol. The average molecular weight is 629 g/mol. The highest BCUT2D eigenvalue weighted by molar-refractivity contribution is 5.95. The van der Waals surface area contributed by atoms with Crippen LogP contribution in [0, 0.1) is 24.2 Å². The number of hydrogen-bond donors (Lipinski definition) is 2. The van der Waals surface area contributed by atoms with Crippen molar-refractivity contribution in [2.24, 2.45) is 28.7 Å². The molecule has 46 heavy (non-hydrogen) atoms. The molecule has 2 bridgehead atoms. The molecule has 242 valence electrons. The lowest BCUT2D eigenvalue weighted by molar-refractivity contribution is -0.272. The third-order valence-corrected chi connectivity index (χ3v) is 11.2. The minimum atomic E-state index is -1.34. The third-order valence-electron chi connectivity index (χ3n) is 11.2. The summed E-state index contributed by atoms with van der Waals surface area (Å²) in [6.07, 6.45) is 3.59. The van der Waals surface area contributed by atoms with Gasteiger partial charge in [-0.3, -0.25) is 19.0 Å². The van der Waals surface area contributed by atoms with Gasteiger partial charge in [0.1, 0.15) is 22.7 Å². The van der Waals surface area contributed by atoms with Gasteiger partial charge >= 0.3 is 0 Å². The van der Waals surface area contributed by atoms with Crippen molar-refractivity contribution in [1.82, 2.24) is 29.0 Å². The molecule has 1 unspecified atom stereocenters. The van der Waals surface area contributed by atoms with Crippen molar-refractivity contribution in [3.8, 4) is 17.3 Å². The van der Waals surface area contributed by atoms with Crippen molar-refractivity contribution in [3.05, 3.63) is 47.3 Å². The fourth-order valence-corrected chi connectivity index (χ4v) is 8.54. The predicted octanol–water partition coefficient (Wildman–Crippen LogP) is 3.81. The Labute approximate surface area is 266 Å². The van der Waals surface area contributed by atoms with E-state index < -0.39 is 22.9 Å². The van der Waals surface area contributed by atoms with Crippen LogP contribution < -0.4 is 16.2 Å². The number of imidazole rings is 1. The van der Waals surface area contributed by atoms with Crippen LogP contribution in [0.2, 0.25) is 0 Å². The number of hydrogen-bond acceptors (Lipinski definition) is 7. The standard InChI is InChI=1S/C34H41FN8O3/c1-18(29-33(32(37)45)16-34(29,35)17-33)24-8-7-21-11-25(41(30(21)38-24)14-20-5-6-20)28-19(2)43-26(39-28)12-22(13-27(43)46-4)31(44)42-15-23(36)9-10-40(42)3/h7-8,11-13,18,20,23,29H,5-6,9-10,14-17,36H2,1-4H3,(H2,37,45)/t18-,23+,29?,33?,34?/m0/s1. The lowest BCUT2D eigenvalue weighted by Gasteiger charge is -2.71. The van der Waals surface area contributed by atoms with Gasteiger partial charge in [0.15, 0.2) is 5.88 Å². The van der Waals surface area contributed by atoms with Gasteiger partial charge in [-0.1, -0.05) is 6.92 Å². The molecule has 4 aliphatic carbocycles. The van der Waals surface area contributed by atoms with E-state index in [0.29, 0.717) is 36.1 Å². The highest BCUT2D eigenvalue weighted by atomic mass is 19.1. The van der Waals surface area contributed by atoms with Gasteiger partial charge in [-0.15, -0.1) is 0 Å². The molecule has 2 amide bonds. The van der Waals surface area contributed by atoms with Crippen LogP contribution in [0.25, 0.3) is 28.1 Å². The smallest absolute Gasteiger partial charge is 0.268 e. The number of aryl methyl sites for hydroxylation is 1. The number of amides is 2. The van der Waals surface area contributed by atoms with Gasteiger partial charge in [0.05, 0.1) is 30.5 Å². The Morgan fingerprint density at radius 2 is 1.91 bits per heavy atom. The summed E-state index contributed by atoms with van der Waals surface area (Å²) in [5, 5.41) is 4.57. The maximum Gasteiger partial charge on any atom is 0.268 e. The molecule has 4 saturated carbocycles. The summed E-state index contributed by atoms with van der Waals surface area (Å²) in [7, 11) is 3.49. The highest BCUT2D eigenvalue weighted by Gasteiger charge is 2.80. The van der Waals surface area contributed by atoms with Crippen molar-refractivity contribution in [3.63, 3.8) is 0 Å². The number of methoxy groups -OCH3 is 1. The van der Waals surface area contributed by atoms with E-state index in [4.69, 9.17) is 26.2 Å². The molecule has 4 aromatic rings. The first-order chi connectivity index (χ1) is 21.9. The number of rotatable bonds is 8. The molecule has 0 spiro atoms. The number of fused-ring (bicyclic) bond motifs is 2. The molecule has 1 aliphatic heterocycles. The number of carbonyl (C=O) groups is 2. The number of alkyl halides is 1. The minimum absolute atomic E-state index is 0.0710. The molecule has 5 heterocycles. The Balaban J connectivity index is 1.20. The second-order valence-electron chi connectivity index (χ2n) is 14.3. The average Bonchev–Trinajstić information content (AvgIpc) is 3.68. The Morgan fingerprint density at radius 1 is 1.15 bits per heavy atom. The summed E-state index contributed by atoms with van der Waals surface area (Å²) in [4.78, 5) is 36.2. The number of pyridine rings is 2. The van der Waals surface area contributed by atoms with Crippen LogP contribution in [0.5, 0.6) is 5.88 Å².